The Hall–Kier alpha value is -2.29. The number of carbonyl (C=O) groups excluding carboxylic acids is 1. The largest absolute Gasteiger partial charge is 0.461 e. The van der Waals surface area contributed by atoms with Crippen LogP contribution in [0, 0.1) is 0 Å². The molecule has 1 aliphatic rings. The molecule has 8 heteroatoms. The number of rotatable bonds is 7. The average molecular weight is 459 g/mol. The number of nitrogens with zero attached hydrogens (tertiary/aromatic N) is 2. The van der Waals surface area contributed by atoms with E-state index in [2.05, 4.69) is 4.98 Å². The lowest BCUT2D eigenvalue weighted by molar-refractivity contribution is 0.0520. The number of carbonyl (C=O) groups is 1. The maximum atomic E-state index is 13.7. The van der Waals surface area contributed by atoms with Gasteiger partial charge in [-0.15, -0.1) is 11.3 Å². The minimum Gasteiger partial charge on any atom is -0.461 e. The van der Waals surface area contributed by atoms with Crippen LogP contribution in [-0.2, 0) is 21.3 Å². The van der Waals surface area contributed by atoms with Gasteiger partial charge in [-0.2, -0.15) is 4.31 Å². The minimum atomic E-state index is -3.73. The molecule has 0 atom stereocenters. The molecule has 31 heavy (non-hydrogen) atoms. The van der Waals surface area contributed by atoms with E-state index in [1.807, 2.05) is 30.3 Å². The van der Waals surface area contributed by atoms with Crippen molar-refractivity contribution >= 4 is 38.1 Å². The van der Waals surface area contributed by atoms with Crippen LogP contribution in [0.3, 0.4) is 0 Å². The molecule has 4 rings (SSSR count). The highest BCUT2D eigenvalue weighted by Gasteiger charge is 2.33. The zero-order valence-corrected chi connectivity index (χ0v) is 19.1. The molecule has 0 bridgehead atoms. The topological polar surface area (TPSA) is 76.6 Å². The molecule has 1 aliphatic carbocycles. The molecule has 2 aromatic carbocycles. The minimum absolute atomic E-state index is 0.0693. The fourth-order valence-electron chi connectivity index (χ4n) is 4.06. The van der Waals surface area contributed by atoms with Gasteiger partial charge in [-0.25, -0.2) is 18.2 Å². The number of hydrogen-bond donors (Lipinski definition) is 0. The third-order valence-corrected chi connectivity index (χ3v) is 8.36. The van der Waals surface area contributed by atoms with Crippen LogP contribution in [0.5, 0.6) is 0 Å². The Kier molecular flexibility index (Phi) is 6.69. The van der Waals surface area contributed by atoms with Gasteiger partial charge in [-0.3, -0.25) is 0 Å². The highest BCUT2D eigenvalue weighted by Crippen LogP contribution is 2.31. The summed E-state index contributed by atoms with van der Waals surface area (Å²) in [5, 5.41) is 4.13. The highest BCUT2D eigenvalue weighted by molar-refractivity contribution is 7.89. The summed E-state index contributed by atoms with van der Waals surface area (Å²) in [6, 6.07) is 12.9. The van der Waals surface area contributed by atoms with E-state index in [0.717, 1.165) is 42.9 Å². The molecule has 0 amide bonds. The number of hydrogen-bond acceptors (Lipinski definition) is 6. The van der Waals surface area contributed by atoms with Crippen LogP contribution in [-0.4, -0.2) is 36.3 Å². The number of aromatic nitrogens is 1. The van der Waals surface area contributed by atoms with Crippen molar-refractivity contribution in [2.75, 3.05) is 6.61 Å². The Morgan fingerprint density at radius 3 is 2.61 bits per heavy atom. The van der Waals surface area contributed by atoms with Crippen LogP contribution in [0.1, 0.15) is 54.5 Å². The van der Waals surface area contributed by atoms with Gasteiger partial charge in [0.15, 0.2) is 5.69 Å². The first-order valence-electron chi connectivity index (χ1n) is 10.6. The third-order valence-electron chi connectivity index (χ3n) is 5.64. The first kappa shape index (κ1) is 21.9. The molecule has 1 heterocycles. The van der Waals surface area contributed by atoms with E-state index >= 15 is 0 Å². The van der Waals surface area contributed by atoms with Gasteiger partial charge in [0.2, 0.25) is 10.0 Å². The second kappa shape index (κ2) is 9.46. The van der Waals surface area contributed by atoms with Crippen molar-refractivity contribution < 1.29 is 17.9 Å². The van der Waals surface area contributed by atoms with E-state index in [0.29, 0.717) is 9.90 Å². The molecular formula is C23H26N2O4S2. The van der Waals surface area contributed by atoms with Gasteiger partial charge < -0.3 is 4.74 Å². The Labute approximate surface area is 186 Å². The molecular weight excluding hydrogens is 432 g/mol. The quantitative estimate of drug-likeness (QED) is 0.466. The predicted molar refractivity (Wildman–Crippen MR) is 122 cm³/mol. The second-order valence-electron chi connectivity index (χ2n) is 7.70. The lowest BCUT2D eigenvalue weighted by Gasteiger charge is -2.33. The summed E-state index contributed by atoms with van der Waals surface area (Å²) in [7, 11) is -3.73. The molecule has 1 fully saturated rings. The molecule has 0 spiro atoms. The van der Waals surface area contributed by atoms with Gasteiger partial charge >= 0.3 is 5.97 Å². The fraction of sp³-hybridized carbons (Fsp3) is 0.391. The van der Waals surface area contributed by atoms with E-state index in [4.69, 9.17) is 4.74 Å². The number of ether oxygens (including phenoxy) is 1. The smallest absolute Gasteiger partial charge is 0.357 e. The number of thiazole rings is 1. The van der Waals surface area contributed by atoms with E-state index in [9.17, 15) is 13.2 Å². The summed E-state index contributed by atoms with van der Waals surface area (Å²) in [5.41, 5.74) is 0.230. The van der Waals surface area contributed by atoms with Crippen LogP contribution in [0.4, 0.5) is 0 Å². The fourth-order valence-corrected chi connectivity index (χ4v) is 6.58. The van der Waals surface area contributed by atoms with Crippen LogP contribution in [0.15, 0.2) is 52.7 Å². The first-order valence-corrected chi connectivity index (χ1v) is 12.9. The molecule has 0 aliphatic heterocycles. The Morgan fingerprint density at radius 2 is 1.87 bits per heavy atom. The van der Waals surface area contributed by atoms with E-state index in [1.54, 1.807) is 28.7 Å². The highest BCUT2D eigenvalue weighted by atomic mass is 32.2. The maximum absolute atomic E-state index is 13.7. The molecule has 6 nitrogen and oxygen atoms in total. The van der Waals surface area contributed by atoms with Crippen LogP contribution in [0.2, 0.25) is 0 Å². The summed E-state index contributed by atoms with van der Waals surface area (Å²) >= 11 is 1.29. The van der Waals surface area contributed by atoms with Crippen molar-refractivity contribution in [3.8, 4) is 0 Å². The second-order valence-corrected chi connectivity index (χ2v) is 10.5. The molecule has 0 unspecified atom stereocenters. The zero-order valence-electron chi connectivity index (χ0n) is 17.5. The predicted octanol–water partition coefficient (Wildman–Crippen LogP) is 5.00. The SMILES string of the molecule is CCOC(=O)c1csc(CN(C2CCCCC2)S(=O)(=O)c2ccc3ccccc3c2)n1. The molecule has 0 saturated heterocycles. The molecule has 0 N–H and O–H groups in total. The average Bonchev–Trinajstić information content (AvgIpc) is 3.27. The molecule has 3 aromatic rings. The Morgan fingerprint density at radius 1 is 1.13 bits per heavy atom. The zero-order chi connectivity index (χ0) is 21.8. The third kappa shape index (κ3) is 4.81. The Balaban J connectivity index is 1.67. The van der Waals surface area contributed by atoms with Crippen LogP contribution < -0.4 is 0 Å². The van der Waals surface area contributed by atoms with Gasteiger partial charge in [-0.05, 0) is 42.7 Å². The number of benzene rings is 2. The summed E-state index contributed by atoms with van der Waals surface area (Å²) < 4.78 is 34.1. The summed E-state index contributed by atoms with van der Waals surface area (Å²) in [5.74, 6) is -0.480. The van der Waals surface area contributed by atoms with Crippen molar-refractivity contribution in [1.82, 2.24) is 9.29 Å². The summed E-state index contributed by atoms with van der Waals surface area (Å²) in [4.78, 5) is 16.6. The van der Waals surface area contributed by atoms with Crippen molar-refractivity contribution in [2.24, 2.45) is 0 Å². The molecule has 1 aromatic heterocycles. The first-order chi connectivity index (χ1) is 15.0. The van der Waals surface area contributed by atoms with E-state index in [1.165, 1.54) is 11.3 Å². The van der Waals surface area contributed by atoms with Crippen LogP contribution in [0.25, 0.3) is 10.8 Å². The Bertz CT molecular complexity index is 1170. The number of fused-ring (bicyclic) bond motifs is 1. The normalized spacial score (nSPS) is 15.4. The maximum Gasteiger partial charge on any atom is 0.357 e. The molecule has 0 radical (unpaired) electrons. The van der Waals surface area contributed by atoms with Gasteiger partial charge in [-0.1, -0.05) is 49.6 Å². The molecule has 164 valence electrons. The van der Waals surface area contributed by atoms with Crippen molar-refractivity contribution in [3.05, 3.63) is 58.5 Å². The van der Waals surface area contributed by atoms with Gasteiger partial charge in [0, 0.05) is 11.4 Å². The molecule has 1 saturated carbocycles. The van der Waals surface area contributed by atoms with E-state index in [-0.39, 0.29) is 24.9 Å². The number of esters is 1. The van der Waals surface area contributed by atoms with Gasteiger partial charge in [0.1, 0.15) is 5.01 Å². The number of sulfonamides is 1. The van der Waals surface area contributed by atoms with Crippen molar-refractivity contribution in [3.63, 3.8) is 0 Å². The lowest BCUT2D eigenvalue weighted by atomic mass is 9.95. The van der Waals surface area contributed by atoms with Gasteiger partial charge in [0.05, 0.1) is 18.0 Å². The lowest BCUT2D eigenvalue weighted by Crippen LogP contribution is -2.40. The van der Waals surface area contributed by atoms with Crippen molar-refractivity contribution in [2.45, 2.75) is 56.5 Å². The standard InChI is InChI=1S/C23H26N2O4S2/c1-2-29-23(26)21-16-30-22(24-21)15-25(19-10-4-3-5-11-19)31(27,28)20-13-12-17-8-6-7-9-18(17)14-20/h6-9,12-14,16,19H,2-5,10-11,15H2,1H3. The summed E-state index contributed by atoms with van der Waals surface area (Å²) in [6.07, 6.45) is 4.83. The van der Waals surface area contributed by atoms with Crippen molar-refractivity contribution in [1.29, 1.82) is 0 Å². The summed E-state index contributed by atoms with van der Waals surface area (Å²) in [6.45, 7) is 2.17. The monoisotopic (exact) mass is 458 g/mol. The van der Waals surface area contributed by atoms with E-state index < -0.39 is 16.0 Å². The van der Waals surface area contributed by atoms with Crippen LogP contribution >= 0.6 is 11.3 Å². The van der Waals surface area contributed by atoms with Gasteiger partial charge in [0.25, 0.3) is 0 Å².